The minimum absolute atomic E-state index is 0.0232. The Hall–Kier alpha value is -3.54. The van der Waals surface area contributed by atoms with Crippen LogP contribution in [0.15, 0.2) is 56.3 Å². The molecule has 4 aromatic rings. The van der Waals surface area contributed by atoms with Crippen LogP contribution in [0.2, 0.25) is 0 Å². The predicted octanol–water partition coefficient (Wildman–Crippen LogP) is 4.07. The summed E-state index contributed by atoms with van der Waals surface area (Å²) in [6.45, 7) is 4.28. The lowest BCUT2D eigenvalue weighted by molar-refractivity contribution is -0.120. The molecule has 0 bridgehead atoms. The molecule has 0 atom stereocenters. The van der Waals surface area contributed by atoms with E-state index in [1.54, 1.807) is 19.4 Å². The van der Waals surface area contributed by atoms with Crippen LogP contribution in [0.1, 0.15) is 22.3 Å². The number of ether oxygens (including phenoxy) is 1. The Labute approximate surface area is 173 Å². The molecule has 4 rings (SSSR count). The maximum absolute atomic E-state index is 12.5. The van der Waals surface area contributed by atoms with E-state index in [2.05, 4.69) is 5.32 Å². The van der Waals surface area contributed by atoms with Crippen molar-refractivity contribution in [2.24, 2.45) is 0 Å². The maximum Gasteiger partial charge on any atom is 0.340 e. The largest absolute Gasteiger partial charge is 0.497 e. The van der Waals surface area contributed by atoms with Crippen molar-refractivity contribution in [1.82, 2.24) is 5.32 Å². The molecule has 2 aromatic heterocycles. The van der Waals surface area contributed by atoms with Crippen LogP contribution in [-0.4, -0.2) is 19.6 Å². The minimum Gasteiger partial charge on any atom is -0.497 e. The van der Waals surface area contributed by atoms with Crippen molar-refractivity contribution < 1.29 is 18.4 Å². The minimum atomic E-state index is -0.495. The van der Waals surface area contributed by atoms with Gasteiger partial charge >= 0.3 is 5.63 Å². The molecule has 1 N–H and O–H groups in total. The molecule has 6 heteroatoms. The van der Waals surface area contributed by atoms with Crippen molar-refractivity contribution in [3.63, 3.8) is 0 Å². The van der Waals surface area contributed by atoms with Gasteiger partial charge in [0.05, 0.1) is 25.4 Å². The van der Waals surface area contributed by atoms with E-state index in [9.17, 15) is 9.59 Å². The summed E-state index contributed by atoms with van der Waals surface area (Å²) < 4.78 is 16.2. The van der Waals surface area contributed by atoms with Crippen LogP contribution in [0.25, 0.3) is 21.9 Å². The number of methoxy groups -OCH3 is 1. The summed E-state index contributed by atoms with van der Waals surface area (Å²) in [4.78, 5) is 25.0. The molecular weight excluding hydrogens is 382 g/mol. The van der Waals surface area contributed by atoms with E-state index in [-0.39, 0.29) is 12.3 Å². The second kappa shape index (κ2) is 8.06. The fourth-order valence-electron chi connectivity index (χ4n) is 3.64. The summed E-state index contributed by atoms with van der Waals surface area (Å²) in [6.07, 6.45) is 2.32. The molecule has 0 unspecified atom stereocenters. The lowest BCUT2D eigenvalue weighted by Crippen LogP contribution is -2.29. The number of hydrogen-bond acceptors (Lipinski definition) is 5. The molecule has 2 aromatic carbocycles. The number of nitrogens with one attached hydrogen (secondary N) is 1. The van der Waals surface area contributed by atoms with Crippen LogP contribution < -0.4 is 15.7 Å². The number of aryl methyl sites for hydroxylation is 2. The lowest BCUT2D eigenvalue weighted by Gasteiger charge is -2.09. The molecule has 154 valence electrons. The van der Waals surface area contributed by atoms with Gasteiger partial charge in [0.25, 0.3) is 0 Å². The topological polar surface area (TPSA) is 81.7 Å². The zero-order valence-corrected chi connectivity index (χ0v) is 17.2. The summed E-state index contributed by atoms with van der Waals surface area (Å²) in [6, 6.07) is 11.4. The molecule has 0 aliphatic heterocycles. The van der Waals surface area contributed by atoms with E-state index in [1.807, 2.05) is 44.2 Å². The highest BCUT2D eigenvalue weighted by atomic mass is 16.5. The summed E-state index contributed by atoms with van der Waals surface area (Å²) in [7, 11) is 1.62. The lowest BCUT2D eigenvalue weighted by atomic mass is 10.0. The highest BCUT2D eigenvalue weighted by Crippen LogP contribution is 2.28. The molecule has 1 amide bonds. The van der Waals surface area contributed by atoms with Crippen LogP contribution >= 0.6 is 0 Å². The van der Waals surface area contributed by atoms with Crippen molar-refractivity contribution in [3.8, 4) is 5.75 Å². The Morgan fingerprint density at radius 2 is 1.93 bits per heavy atom. The summed E-state index contributed by atoms with van der Waals surface area (Å²) in [5, 5.41) is 4.66. The van der Waals surface area contributed by atoms with E-state index in [4.69, 9.17) is 13.6 Å². The van der Waals surface area contributed by atoms with Crippen LogP contribution in [0.5, 0.6) is 5.75 Å². The fraction of sp³-hybridized carbons (Fsp3) is 0.250. The summed E-state index contributed by atoms with van der Waals surface area (Å²) in [5.41, 5.74) is 3.84. The van der Waals surface area contributed by atoms with Gasteiger partial charge in [-0.2, -0.15) is 0 Å². The summed E-state index contributed by atoms with van der Waals surface area (Å²) >= 11 is 0. The first-order chi connectivity index (χ1) is 14.5. The number of rotatable bonds is 6. The van der Waals surface area contributed by atoms with Crippen molar-refractivity contribution in [2.45, 2.75) is 26.7 Å². The number of amides is 1. The van der Waals surface area contributed by atoms with E-state index in [1.165, 1.54) is 0 Å². The normalized spacial score (nSPS) is 11.2. The van der Waals surface area contributed by atoms with Crippen molar-refractivity contribution in [1.29, 1.82) is 0 Å². The Balaban J connectivity index is 1.51. The molecule has 6 nitrogen and oxygen atoms in total. The number of carbonyl (C=O) groups excluding carboxylic acids is 1. The molecule has 0 aliphatic carbocycles. The van der Waals surface area contributed by atoms with Crippen molar-refractivity contribution >= 4 is 27.8 Å². The Morgan fingerprint density at radius 3 is 2.73 bits per heavy atom. The van der Waals surface area contributed by atoms with Gasteiger partial charge in [-0.3, -0.25) is 4.79 Å². The van der Waals surface area contributed by atoms with E-state index in [0.29, 0.717) is 29.7 Å². The fourth-order valence-corrected chi connectivity index (χ4v) is 3.64. The predicted molar refractivity (Wildman–Crippen MR) is 115 cm³/mol. The van der Waals surface area contributed by atoms with Gasteiger partial charge in [0.1, 0.15) is 16.9 Å². The Morgan fingerprint density at radius 1 is 1.10 bits per heavy atom. The average Bonchev–Trinajstić information content (AvgIpc) is 3.10. The molecule has 0 saturated carbocycles. The first kappa shape index (κ1) is 19.8. The van der Waals surface area contributed by atoms with E-state index < -0.39 is 5.63 Å². The molecule has 0 radical (unpaired) electrons. The van der Waals surface area contributed by atoms with Crippen molar-refractivity contribution in [2.75, 3.05) is 13.7 Å². The Bertz CT molecular complexity index is 1300. The Kier molecular flexibility index (Phi) is 5.31. The smallest absolute Gasteiger partial charge is 0.340 e. The maximum atomic E-state index is 12.5. The molecule has 0 aliphatic rings. The second-order valence-corrected chi connectivity index (χ2v) is 7.38. The zero-order chi connectivity index (χ0) is 21.3. The first-order valence-electron chi connectivity index (χ1n) is 9.80. The molecule has 0 fully saturated rings. The van der Waals surface area contributed by atoms with Gasteiger partial charge in [-0.15, -0.1) is 0 Å². The quantitative estimate of drug-likeness (QED) is 0.489. The monoisotopic (exact) mass is 405 g/mol. The number of furan rings is 1. The molecular formula is C24H23NO5. The van der Waals surface area contributed by atoms with Gasteiger partial charge in [-0.05, 0) is 55.2 Å². The van der Waals surface area contributed by atoms with Gasteiger partial charge in [0.2, 0.25) is 5.91 Å². The van der Waals surface area contributed by atoms with Crippen LogP contribution in [-0.2, 0) is 17.6 Å². The van der Waals surface area contributed by atoms with Gasteiger partial charge in [0.15, 0.2) is 0 Å². The summed E-state index contributed by atoms with van der Waals surface area (Å²) in [5.74, 6) is 0.568. The van der Waals surface area contributed by atoms with E-state index >= 15 is 0 Å². The SMILES string of the molecule is COc1cccc(CCNC(=O)Cc2c(C)c3cc4c(C)coc4cc3oc2=O)c1. The van der Waals surface area contributed by atoms with Gasteiger partial charge in [-0.1, -0.05) is 12.1 Å². The first-order valence-corrected chi connectivity index (χ1v) is 9.80. The number of hydrogen-bond donors (Lipinski definition) is 1. The molecule has 0 spiro atoms. The van der Waals surface area contributed by atoms with Crippen LogP contribution in [0, 0.1) is 13.8 Å². The third kappa shape index (κ3) is 3.81. The third-order valence-electron chi connectivity index (χ3n) is 5.38. The van der Waals surface area contributed by atoms with Crippen molar-refractivity contribution in [3.05, 3.63) is 75.3 Å². The third-order valence-corrected chi connectivity index (χ3v) is 5.38. The van der Waals surface area contributed by atoms with Crippen LogP contribution in [0.4, 0.5) is 0 Å². The van der Waals surface area contributed by atoms with Gasteiger partial charge in [0, 0.05) is 23.4 Å². The average molecular weight is 405 g/mol. The number of carbonyl (C=O) groups is 1. The highest BCUT2D eigenvalue weighted by Gasteiger charge is 2.16. The molecule has 2 heterocycles. The van der Waals surface area contributed by atoms with E-state index in [0.717, 1.165) is 33.2 Å². The second-order valence-electron chi connectivity index (χ2n) is 7.38. The number of fused-ring (bicyclic) bond motifs is 2. The zero-order valence-electron chi connectivity index (χ0n) is 17.2. The van der Waals surface area contributed by atoms with Gasteiger partial charge in [-0.25, -0.2) is 4.79 Å². The standard InChI is InChI=1S/C24H23NO5/c1-14-13-29-21-12-22-19(10-18(14)21)15(2)20(24(27)30-22)11-23(26)25-8-7-16-5-4-6-17(9-16)28-3/h4-6,9-10,12-13H,7-8,11H2,1-3H3,(H,25,26). The number of benzene rings is 2. The molecule has 30 heavy (non-hydrogen) atoms. The van der Waals surface area contributed by atoms with Crippen LogP contribution in [0.3, 0.4) is 0 Å². The van der Waals surface area contributed by atoms with Gasteiger partial charge < -0.3 is 18.9 Å². The molecule has 0 saturated heterocycles. The highest BCUT2D eigenvalue weighted by molar-refractivity contribution is 5.96.